The number of aliphatic imine (C=N–C) groups is 2. The number of hydrogen-bond acceptors (Lipinski definition) is 5. The first kappa shape index (κ1) is 17.3. The number of nitrogens with zero attached hydrogens (tertiary/aromatic N) is 5. The predicted octanol–water partition coefficient (Wildman–Crippen LogP) is 3.35. The summed E-state index contributed by atoms with van der Waals surface area (Å²) in [7, 11) is 3.26. The van der Waals surface area contributed by atoms with Crippen LogP contribution in [0.3, 0.4) is 0 Å². The number of rotatable bonds is 6. The molecule has 1 rings (SSSR count). The van der Waals surface area contributed by atoms with Crippen LogP contribution in [0.4, 0.5) is 0 Å². The highest BCUT2D eigenvalue weighted by Gasteiger charge is 2.39. The molecule has 118 valence electrons. The second-order valence-corrected chi connectivity index (χ2v) is 5.67. The standard InChI is InChI=1S/C14H25N5O2/c1-10(2)11-12(20-4)18-14(3,13(17-11)21-5)8-6-7-9-16-19-15/h10-11H,6-9H2,1-5H3/t11-,14+/m1/s1. The third kappa shape index (κ3) is 4.36. The summed E-state index contributed by atoms with van der Waals surface area (Å²) in [5, 5.41) is 3.54. The molecule has 1 aliphatic heterocycles. The molecule has 0 aromatic rings. The van der Waals surface area contributed by atoms with Gasteiger partial charge in [0.25, 0.3) is 0 Å². The van der Waals surface area contributed by atoms with Crippen molar-refractivity contribution < 1.29 is 9.47 Å². The summed E-state index contributed by atoms with van der Waals surface area (Å²) < 4.78 is 10.9. The quantitative estimate of drug-likeness (QED) is 0.325. The lowest BCUT2D eigenvalue weighted by Crippen LogP contribution is -2.44. The number of ether oxygens (including phenoxy) is 2. The van der Waals surface area contributed by atoms with Crippen LogP contribution in [0.25, 0.3) is 10.4 Å². The fourth-order valence-electron chi connectivity index (χ4n) is 2.41. The number of unbranched alkanes of at least 4 members (excludes halogenated alkanes) is 1. The minimum absolute atomic E-state index is 0.0961. The number of azide groups is 1. The van der Waals surface area contributed by atoms with Crippen molar-refractivity contribution in [3.63, 3.8) is 0 Å². The SMILES string of the molecule is COC1=N[C@@](C)(CCCCN=[N+]=[N-])C(OC)=N[C@@H]1C(C)C. The van der Waals surface area contributed by atoms with E-state index in [2.05, 4.69) is 28.9 Å². The van der Waals surface area contributed by atoms with Gasteiger partial charge in [0.05, 0.1) is 14.2 Å². The summed E-state index contributed by atoms with van der Waals surface area (Å²) in [6.07, 6.45) is 2.48. The molecule has 0 bridgehead atoms. The summed E-state index contributed by atoms with van der Waals surface area (Å²) >= 11 is 0. The molecule has 7 nitrogen and oxygen atoms in total. The predicted molar refractivity (Wildman–Crippen MR) is 83.8 cm³/mol. The minimum Gasteiger partial charge on any atom is -0.483 e. The Balaban J connectivity index is 2.84. The van der Waals surface area contributed by atoms with E-state index in [-0.39, 0.29) is 6.04 Å². The molecule has 0 aromatic carbocycles. The highest BCUT2D eigenvalue weighted by atomic mass is 16.5. The molecule has 2 atom stereocenters. The average molecular weight is 295 g/mol. The Hall–Kier alpha value is -1.75. The Morgan fingerprint density at radius 2 is 2.05 bits per heavy atom. The Kier molecular flexibility index (Phi) is 6.49. The van der Waals surface area contributed by atoms with Crippen molar-refractivity contribution >= 4 is 11.8 Å². The zero-order chi connectivity index (χ0) is 15.9. The van der Waals surface area contributed by atoms with Gasteiger partial charge in [-0.15, -0.1) is 0 Å². The summed E-state index contributed by atoms with van der Waals surface area (Å²) in [6, 6.07) is -0.0961. The van der Waals surface area contributed by atoms with Crippen molar-refractivity contribution in [3.05, 3.63) is 10.4 Å². The molecule has 21 heavy (non-hydrogen) atoms. The maximum atomic E-state index is 8.27. The molecule has 0 spiro atoms. The molecule has 0 radical (unpaired) electrons. The highest BCUT2D eigenvalue weighted by Crippen LogP contribution is 2.28. The zero-order valence-corrected chi connectivity index (χ0v) is 13.5. The number of methoxy groups -OCH3 is 2. The van der Waals surface area contributed by atoms with Crippen LogP contribution < -0.4 is 0 Å². The first-order valence-corrected chi connectivity index (χ1v) is 7.25. The van der Waals surface area contributed by atoms with Crippen LogP contribution in [0.2, 0.25) is 0 Å². The summed E-state index contributed by atoms with van der Waals surface area (Å²) in [5.41, 5.74) is 7.76. The van der Waals surface area contributed by atoms with Gasteiger partial charge < -0.3 is 9.47 Å². The molecular weight excluding hydrogens is 270 g/mol. The molecule has 0 fully saturated rings. The van der Waals surface area contributed by atoms with Crippen molar-refractivity contribution in [1.29, 1.82) is 0 Å². The van der Waals surface area contributed by atoms with E-state index in [4.69, 9.17) is 20.0 Å². The van der Waals surface area contributed by atoms with Crippen molar-refractivity contribution in [2.45, 2.75) is 51.6 Å². The van der Waals surface area contributed by atoms with E-state index in [1.54, 1.807) is 14.2 Å². The van der Waals surface area contributed by atoms with Crippen LogP contribution >= 0.6 is 0 Å². The fraction of sp³-hybridized carbons (Fsp3) is 0.857. The topological polar surface area (TPSA) is 91.9 Å². The van der Waals surface area contributed by atoms with Gasteiger partial charge >= 0.3 is 0 Å². The highest BCUT2D eigenvalue weighted by molar-refractivity contribution is 5.96. The van der Waals surface area contributed by atoms with E-state index in [0.717, 1.165) is 19.3 Å². The third-order valence-electron chi connectivity index (χ3n) is 3.60. The van der Waals surface area contributed by atoms with E-state index in [9.17, 15) is 0 Å². The zero-order valence-electron chi connectivity index (χ0n) is 13.5. The van der Waals surface area contributed by atoms with E-state index < -0.39 is 5.54 Å². The first-order valence-electron chi connectivity index (χ1n) is 7.25. The smallest absolute Gasteiger partial charge is 0.212 e. The fourth-order valence-corrected chi connectivity index (χ4v) is 2.41. The molecule has 0 aromatic heterocycles. The van der Waals surface area contributed by atoms with Gasteiger partial charge in [0.2, 0.25) is 11.8 Å². The van der Waals surface area contributed by atoms with Crippen molar-refractivity contribution in [2.24, 2.45) is 21.0 Å². The van der Waals surface area contributed by atoms with Crippen molar-refractivity contribution in [1.82, 2.24) is 0 Å². The molecule has 0 N–H and O–H groups in total. The van der Waals surface area contributed by atoms with E-state index in [1.165, 1.54) is 0 Å². The van der Waals surface area contributed by atoms with Gasteiger partial charge in [-0.1, -0.05) is 25.4 Å². The van der Waals surface area contributed by atoms with Crippen LogP contribution in [-0.4, -0.2) is 44.1 Å². The Labute approximate surface area is 126 Å². The molecule has 0 saturated carbocycles. The van der Waals surface area contributed by atoms with Gasteiger partial charge in [0.1, 0.15) is 11.6 Å². The largest absolute Gasteiger partial charge is 0.483 e. The Bertz CT molecular complexity index is 454. The van der Waals surface area contributed by atoms with Crippen molar-refractivity contribution in [3.8, 4) is 0 Å². The number of hydrogen-bond donors (Lipinski definition) is 0. The summed E-state index contributed by atoms with van der Waals surface area (Å²) in [5.74, 6) is 1.59. The second-order valence-electron chi connectivity index (χ2n) is 5.67. The van der Waals surface area contributed by atoms with Gasteiger partial charge in [0, 0.05) is 11.5 Å². The second kappa shape index (κ2) is 7.88. The molecule has 1 aliphatic rings. The maximum Gasteiger partial charge on any atom is 0.212 e. The van der Waals surface area contributed by atoms with Gasteiger partial charge in [-0.25, -0.2) is 9.98 Å². The summed E-state index contributed by atoms with van der Waals surface area (Å²) in [4.78, 5) is 12.2. The van der Waals surface area contributed by atoms with Crippen LogP contribution in [0.1, 0.15) is 40.0 Å². The molecule has 0 unspecified atom stereocenters. The molecular formula is C14H25N5O2. The lowest BCUT2D eigenvalue weighted by molar-refractivity contribution is 0.302. The van der Waals surface area contributed by atoms with Gasteiger partial charge in [0.15, 0.2) is 0 Å². The normalized spacial score (nSPS) is 25.0. The Morgan fingerprint density at radius 1 is 1.33 bits per heavy atom. The lowest BCUT2D eigenvalue weighted by Gasteiger charge is -2.33. The molecule has 7 heteroatoms. The molecule has 1 heterocycles. The lowest BCUT2D eigenvalue weighted by atomic mass is 9.92. The van der Waals surface area contributed by atoms with E-state index in [0.29, 0.717) is 24.3 Å². The third-order valence-corrected chi connectivity index (χ3v) is 3.60. The van der Waals surface area contributed by atoms with Crippen molar-refractivity contribution in [2.75, 3.05) is 20.8 Å². The van der Waals surface area contributed by atoms with Gasteiger partial charge in [-0.05, 0) is 31.2 Å². The van der Waals surface area contributed by atoms with Gasteiger partial charge in [-0.2, -0.15) is 0 Å². The van der Waals surface area contributed by atoms with Crippen LogP contribution in [0, 0.1) is 5.92 Å². The van der Waals surface area contributed by atoms with Gasteiger partial charge in [-0.3, -0.25) is 0 Å². The molecule has 0 aliphatic carbocycles. The van der Waals surface area contributed by atoms with E-state index >= 15 is 0 Å². The average Bonchev–Trinajstić information content (AvgIpc) is 2.46. The Morgan fingerprint density at radius 3 is 2.57 bits per heavy atom. The molecule has 0 amide bonds. The maximum absolute atomic E-state index is 8.27. The summed E-state index contributed by atoms with van der Waals surface area (Å²) in [6.45, 7) is 6.66. The van der Waals surface area contributed by atoms with E-state index in [1.807, 2.05) is 6.92 Å². The van der Waals surface area contributed by atoms with Crippen LogP contribution in [-0.2, 0) is 9.47 Å². The monoisotopic (exact) mass is 295 g/mol. The molecule has 0 saturated heterocycles. The van der Waals surface area contributed by atoms with Crippen LogP contribution in [0.15, 0.2) is 15.1 Å². The minimum atomic E-state index is -0.512. The first-order chi connectivity index (χ1) is 9.98. The van der Waals surface area contributed by atoms with Crippen LogP contribution in [0.5, 0.6) is 0 Å².